The van der Waals surface area contributed by atoms with Crippen LogP contribution in [0.3, 0.4) is 0 Å². The van der Waals surface area contributed by atoms with Crippen molar-refractivity contribution in [3.8, 4) is 5.75 Å². The number of ether oxygens (including phenoxy) is 2. The molecule has 1 heterocycles. The zero-order valence-electron chi connectivity index (χ0n) is 15.0. The number of cyclic esters (lactones) is 1. The Labute approximate surface area is 159 Å². The molecule has 1 amide bonds. The summed E-state index contributed by atoms with van der Waals surface area (Å²) in [6.07, 6.45) is -0.472. The third kappa shape index (κ3) is 4.29. The molecule has 0 radical (unpaired) electrons. The summed E-state index contributed by atoms with van der Waals surface area (Å²) in [5.74, 6) is 0.814. The average Bonchev–Trinajstić information content (AvgIpc) is 3.09. The molecule has 1 atom stereocenters. The molecule has 1 unspecified atom stereocenters. The Morgan fingerprint density at radius 1 is 0.852 bits per heavy atom. The second kappa shape index (κ2) is 7.96. The van der Waals surface area contributed by atoms with Crippen LogP contribution in [0.4, 0.5) is 4.79 Å². The van der Waals surface area contributed by atoms with Crippen molar-refractivity contribution >= 4 is 6.09 Å². The number of nitrogens with zero attached hydrogens (tertiary/aromatic N) is 1. The molecule has 27 heavy (non-hydrogen) atoms. The maximum Gasteiger partial charge on any atom is 0.410 e. The van der Waals surface area contributed by atoms with E-state index in [4.69, 9.17) is 9.47 Å². The first-order chi connectivity index (χ1) is 13.3. The monoisotopic (exact) mass is 359 g/mol. The van der Waals surface area contributed by atoms with E-state index in [1.165, 1.54) is 0 Å². The van der Waals surface area contributed by atoms with E-state index >= 15 is 0 Å². The van der Waals surface area contributed by atoms with Crippen molar-refractivity contribution in [1.29, 1.82) is 0 Å². The minimum Gasteiger partial charge on any atom is -0.489 e. The van der Waals surface area contributed by atoms with Crippen LogP contribution in [0.1, 0.15) is 22.8 Å². The number of benzene rings is 3. The van der Waals surface area contributed by atoms with Crippen molar-refractivity contribution in [3.05, 3.63) is 102 Å². The molecule has 1 aliphatic heterocycles. The Morgan fingerprint density at radius 2 is 1.52 bits per heavy atom. The summed E-state index contributed by atoms with van der Waals surface area (Å²) in [4.78, 5) is 13.9. The fourth-order valence-corrected chi connectivity index (χ4v) is 3.13. The molecule has 1 aliphatic rings. The van der Waals surface area contributed by atoms with Gasteiger partial charge in [-0.05, 0) is 28.8 Å². The van der Waals surface area contributed by atoms with Gasteiger partial charge >= 0.3 is 6.09 Å². The molecule has 0 N–H and O–H groups in total. The van der Waals surface area contributed by atoms with Gasteiger partial charge in [0.2, 0.25) is 0 Å². The van der Waals surface area contributed by atoms with Crippen molar-refractivity contribution in [2.45, 2.75) is 19.3 Å². The lowest BCUT2D eigenvalue weighted by Crippen LogP contribution is -2.23. The van der Waals surface area contributed by atoms with Crippen molar-refractivity contribution < 1.29 is 14.3 Å². The molecule has 4 heteroatoms. The quantitative estimate of drug-likeness (QED) is 0.624. The van der Waals surface area contributed by atoms with Gasteiger partial charge in [-0.3, -0.25) is 4.90 Å². The van der Waals surface area contributed by atoms with Crippen LogP contribution in [0.5, 0.6) is 5.75 Å². The summed E-state index contributed by atoms with van der Waals surface area (Å²) >= 11 is 0. The van der Waals surface area contributed by atoms with Gasteiger partial charge in [0.1, 0.15) is 18.5 Å². The highest BCUT2D eigenvalue weighted by molar-refractivity contribution is 5.70. The first-order valence-electron chi connectivity index (χ1n) is 9.04. The summed E-state index contributed by atoms with van der Waals surface area (Å²) in [5, 5.41) is 0. The van der Waals surface area contributed by atoms with E-state index < -0.39 is 0 Å². The molecule has 0 aliphatic carbocycles. The lowest BCUT2D eigenvalue weighted by Gasteiger charge is -2.13. The molecule has 3 aromatic rings. The Hall–Kier alpha value is -3.27. The first kappa shape index (κ1) is 17.2. The molecule has 0 bridgehead atoms. The molecule has 4 rings (SSSR count). The maximum atomic E-state index is 12.2. The van der Waals surface area contributed by atoms with Gasteiger partial charge < -0.3 is 9.47 Å². The second-order valence-electron chi connectivity index (χ2n) is 6.58. The summed E-state index contributed by atoms with van der Waals surface area (Å²) in [6.45, 7) is 1.63. The third-order valence-electron chi connectivity index (χ3n) is 4.60. The number of carbonyl (C=O) groups is 1. The van der Waals surface area contributed by atoms with E-state index in [-0.39, 0.29) is 12.2 Å². The van der Waals surface area contributed by atoms with E-state index in [2.05, 4.69) is 0 Å². The van der Waals surface area contributed by atoms with E-state index in [0.717, 1.165) is 22.4 Å². The number of carbonyl (C=O) groups excluding carboxylic acids is 1. The van der Waals surface area contributed by atoms with E-state index in [1.54, 1.807) is 4.90 Å². The largest absolute Gasteiger partial charge is 0.489 e. The molecule has 0 saturated carbocycles. The minimum absolute atomic E-state index is 0.202. The number of hydrogen-bond acceptors (Lipinski definition) is 3. The Morgan fingerprint density at radius 3 is 2.22 bits per heavy atom. The van der Waals surface area contributed by atoms with Crippen LogP contribution in [0, 0.1) is 0 Å². The van der Waals surface area contributed by atoms with Gasteiger partial charge in [0.15, 0.2) is 0 Å². The van der Waals surface area contributed by atoms with Gasteiger partial charge in [-0.25, -0.2) is 4.79 Å². The summed E-state index contributed by atoms with van der Waals surface area (Å²) in [6, 6.07) is 27.8. The van der Waals surface area contributed by atoms with Gasteiger partial charge in [-0.2, -0.15) is 0 Å². The lowest BCUT2D eigenvalue weighted by molar-refractivity contribution is 0.132. The van der Waals surface area contributed by atoms with Crippen molar-refractivity contribution in [2.75, 3.05) is 6.54 Å². The van der Waals surface area contributed by atoms with Gasteiger partial charge in [-0.1, -0.05) is 72.8 Å². The molecule has 3 aromatic carbocycles. The first-order valence-corrected chi connectivity index (χ1v) is 9.04. The van der Waals surface area contributed by atoms with Crippen LogP contribution < -0.4 is 4.74 Å². The SMILES string of the molecule is O=C1OC(c2ccccc2)CN1Cc1ccc(OCc2ccccc2)cc1. The van der Waals surface area contributed by atoms with Crippen LogP contribution in [-0.4, -0.2) is 17.5 Å². The summed E-state index contributed by atoms with van der Waals surface area (Å²) in [7, 11) is 0. The molecular weight excluding hydrogens is 338 g/mol. The zero-order valence-corrected chi connectivity index (χ0v) is 15.0. The van der Waals surface area contributed by atoms with Crippen molar-refractivity contribution in [1.82, 2.24) is 4.90 Å². The fraction of sp³-hybridized carbons (Fsp3) is 0.174. The molecule has 0 aromatic heterocycles. The van der Waals surface area contributed by atoms with Crippen LogP contribution in [0.2, 0.25) is 0 Å². The van der Waals surface area contributed by atoms with Gasteiger partial charge in [0, 0.05) is 6.54 Å². The molecular formula is C23H21NO3. The highest BCUT2D eigenvalue weighted by Gasteiger charge is 2.32. The van der Waals surface area contributed by atoms with E-state index in [1.807, 2.05) is 84.9 Å². The predicted octanol–water partition coefficient (Wildman–Crippen LogP) is 4.96. The molecule has 4 nitrogen and oxygen atoms in total. The van der Waals surface area contributed by atoms with Crippen molar-refractivity contribution in [2.24, 2.45) is 0 Å². The lowest BCUT2D eigenvalue weighted by atomic mass is 10.1. The fourth-order valence-electron chi connectivity index (χ4n) is 3.13. The molecule has 1 fully saturated rings. The Bertz CT molecular complexity index is 879. The standard InChI is InChI=1S/C23H21NO3/c25-23-24(16-22(27-23)20-9-5-2-6-10-20)15-18-11-13-21(14-12-18)26-17-19-7-3-1-4-8-19/h1-14,22H,15-17H2. The van der Waals surface area contributed by atoms with Gasteiger partial charge in [0.05, 0.1) is 6.54 Å². The van der Waals surface area contributed by atoms with Gasteiger partial charge in [-0.15, -0.1) is 0 Å². The Kier molecular flexibility index (Phi) is 5.06. The molecule has 136 valence electrons. The average molecular weight is 359 g/mol. The van der Waals surface area contributed by atoms with Crippen LogP contribution in [-0.2, 0) is 17.9 Å². The highest BCUT2D eigenvalue weighted by Crippen LogP contribution is 2.27. The zero-order chi connectivity index (χ0) is 18.5. The summed E-state index contributed by atoms with van der Waals surface area (Å²) < 4.78 is 11.3. The van der Waals surface area contributed by atoms with Crippen LogP contribution >= 0.6 is 0 Å². The topological polar surface area (TPSA) is 38.8 Å². The van der Waals surface area contributed by atoms with E-state index in [9.17, 15) is 4.79 Å². The molecule has 0 spiro atoms. The number of hydrogen-bond donors (Lipinski definition) is 0. The minimum atomic E-state index is -0.270. The van der Waals surface area contributed by atoms with Gasteiger partial charge in [0.25, 0.3) is 0 Å². The van der Waals surface area contributed by atoms with E-state index in [0.29, 0.717) is 19.7 Å². The predicted molar refractivity (Wildman–Crippen MR) is 103 cm³/mol. The van der Waals surface area contributed by atoms with Crippen molar-refractivity contribution in [3.63, 3.8) is 0 Å². The van der Waals surface area contributed by atoms with Crippen LogP contribution in [0.25, 0.3) is 0 Å². The number of amides is 1. The summed E-state index contributed by atoms with van der Waals surface area (Å²) in [5.41, 5.74) is 3.21. The van der Waals surface area contributed by atoms with Crippen LogP contribution in [0.15, 0.2) is 84.9 Å². The smallest absolute Gasteiger partial charge is 0.410 e. The Balaban J connectivity index is 1.34. The normalized spacial score (nSPS) is 16.2. The highest BCUT2D eigenvalue weighted by atomic mass is 16.6. The third-order valence-corrected chi connectivity index (χ3v) is 4.60. The second-order valence-corrected chi connectivity index (χ2v) is 6.58. The molecule has 1 saturated heterocycles. The maximum absolute atomic E-state index is 12.2. The number of rotatable bonds is 6.